The maximum atomic E-state index is 9.06. The summed E-state index contributed by atoms with van der Waals surface area (Å²) in [6.07, 6.45) is 2.80. The standard InChI is InChI=1S/C12H7ClN8/c13-10-18-11(17-9-4-2-1-3-8(9)5-14)20-12(19-10)21-7-15-6-16-21/h1-4,6-7H,(H,17,18,19,20). The molecular formula is C12H7ClN8. The van der Waals surface area contributed by atoms with Crippen molar-refractivity contribution in [1.29, 1.82) is 5.26 Å². The third-order valence-corrected chi connectivity index (χ3v) is 2.68. The first-order valence-corrected chi connectivity index (χ1v) is 6.17. The molecule has 0 spiro atoms. The molecule has 102 valence electrons. The van der Waals surface area contributed by atoms with Crippen LogP contribution in [0, 0.1) is 11.3 Å². The summed E-state index contributed by atoms with van der Waals surface area (Å²) in [7, 11) is 0. The molecule has 0 radical (unpaired) electrons. The zero-order chi connectivity index (χ0) is 14.7. The maximum Gasteiger partial charge on any atom is 0.258 e. The highest BCUT2D eigenvalue weighted by Gasteiger charge is 2.09. The molecule has 21 heavy (non-hydrogen) atoms. The zero-order valence-electron chi connectivity index (χ0n) is 10.5. The molecule has 1 N–H and O–H groups in total. The SMILES string of the molecule is N#Cc1ccccc1Nc1nc(Cl)nc(-n2cncn2)n1. The van der Waals surface area contributed by atoms with Gasteiger partial charge in [0.2, 0.25) is 11.2 Å². The van der Waals surface area contributed by atoms with Crippen LogP contribution in [0.4, 0.5) is 11.6 Å². The number of nitrogens with zero attached hydrogens (tertiary/aromatic N) is 7. The Bertz CT molecular complexity index is 808. The van der Waals surface area contributed by atoms with Gasteiger partial charge in [0.25, 0.3) is 5.95 Å². The minimum Gasteiger partial charge on any atom is -0.323 e. The van der Waals surface area contributed by atoms with Crippen LogP contribution in [0.3, 0.4) is 0 Å². The number of benzene rings is 1. The van der Waals surface area contributed by atoms with E-state index in [1.54, 1.807) is 24.3 Å². The number of anilines is 2. The van der Waals surface area contributed by atoms with Crippen LogP contribution in [0.1, 0.15) is 5.56 Å². The summed E-state index contributed by atoms with van der Waals surface area (Å²) in [5.74, 6) is 0.438. The average molecular weight is 299 g/mol. The van der Waals surface area contributed by atoms with E-state index in [-0.39, 0.29) is 17.2 Å². The summed E-state index contributed by atoms with van der Waals surface area (Å²) >= 11 is 5.88. The molecule has 0 bridgehead atoms. The monoisotopic (exact) mass is 298 g/mol. The van der Waals surface area contributed by atoms with Gasteiger partial charge in [-0.1, -0.05) is 12.1 Å². The predicted octanol–water partition coefficient (Wildman–Crippen LogP) is 1.72. The molecule has 8 nitrogen and oxygen atoms in total. The van der Waals surface area contributed by atoms with Gasteiger partial charge in [-0.05, 0) is 23.7 Å². The number of nitrogens with one attached hydrogen (secondary N) is 1. The lowest BCUT2D eigenvalue weighted by Gasteiger charge is -2.07. The van der Waals surface area contributed by atoms with Gasteiger partial charge in [0, 0.05) is 0 Å². The summed E-state index contributed by atoms with van der Waals surface area (Å²) in [5.41, 5.74) is 1.04. The highest BCUT2D eigenvalue weighted by atomic mass is 35.5. The second-order valence-electron chi connectivity index (χ2n) is 3.85. The molecule has 0 saturated heterocycles. The lowest BCUT2D eigenvalue weighted by Crippen LogP contribution is -2.07. The first kappa shape index (κ1) is 13.0. The van der Waals surface area contributed by atoms with Crippen molar-refractivity contribution in [3.8, 4) is 12.0 Å². The predicted molar refractivity (Wildman–Crippen MR) is 74.2 cm³/mol. The van der Waals surface area contributed by atoms with Gasteiger partial charge in [-0.25, -0.2) is 4.98 Å². The summed E-state index contributed by atoms with van der Waals surface area (Å²) in [5, 5.41) is 15.9. The number of aromatic nitrogens is 6. The van der Waals surface area contributed by atoms with E-state index in [0.29, 0.717) is 11.3 Å². The molecule has 0 saturated carbocycles. The number of para-hydroxylation sites is 1. The minimum atomic E-state index is 0.00689. The van der Waals surface area contributed by atoms with Gasteiger partial charge in [0.05, 0.1) is 11.3 Å². The van der Waals surface area contributed by atoms with Gasteiger partial charge < -0.3 is 5.32 Å². The summed E-state index contributed by atoms with van der Waals surface area (Å²) in [4.78, 5) is 15.9. The number of hydrogen-bond acceptors (Lipinski definition) is 7. The van der Waals surface area contributed by atoms with E-state index < -0.39 is 0 Å². The normalized spacial score (nSPS) is 10.1. The smallest absolute Gasteiger partial charge is 0.258 e. The molecular weight excluding hydrogens is 292 g/mol. The molecule has 3 rings (SSSR count). The Morgan fingerprint density at radius 1 is 1.19 bits per heavy atom. The molecule has 2 heterocycles. The van der Waals surface area contributed by atoms with Gasteiger partial charge >= 0.3 is 0 Å². The Labute approximate surface area is 124 Å². The molecule has 0 atom stereocenters. The number of halogens is 1. The quantitative estimate of drug-likeness (QED) is 0.784. The van der Waals surface area contributed by atoms with Gasteiger partial charge in [0.1, 0.15) is 18.7 Å². The van der Waals surface area contributed by atoms with Crippen molar-refractivity contribution in [1.82, 2.24) is 29.7 Å². The van der Waals surface area contributed by atoms with Gasteiger partial charge in [-0.2, -0.15) is 30.0 Å². The molecule has 0 aliphatic carbocycles. The zero-order valence-corrected chi connectivity index (χ0v) is 11.2. The molecule has 0 aliphatic heterocycles. The van der Waals surface area contributed by atoms with Crippen LogP contribution in [0.5, 0.6) is 0 Å². The van der Waals surface area contributed by atoms with Gasteiger partial charge in [0.15, 0.2) is 0 Å². The fourth-order valence-electron chi connectivity index (χ4n) is 1.62. The Kier molecular flexibility index (Phi) is 3.41. The highest BCUT2D eigenvalue weighted by molar-refractivity contribution is 6.28. The van der Waals surface area contributed by atoms with Crippen molar-refractivity contribution in [3.63, 3.8) is 0 Å². The van der Waals surface area contributed by atoms with Crippen molar-refractivity contribution >= 4 is 23.2 Å². The first-order chi connectivity index (χ1) is 10.3. The average Bonchev–Trinajstić information content (AvgIpc) is 3.01. The van der Waals surface area contributed by atoms with Crippen molar-refractivity contribution in [2.75, 3.05) is 5.32 Å². The Morgan fingerprint density at radius 2 is 2.05 bits per heavy atom. The van der Waals surface area contributed by atoms with E-state index in [0.717, 1.165) is 0 Å². The first-order valence-electron chi connectivity index (χ1n) is 5.79. The van der Waals surface area contributed by atoms with Crippen LogP contribution < -0.4 is 5.32 Å². The lowest BCUT2D eigenvalue weighted by molar-refractivity contribution is 0.796. The summed E-state index contributed by atoms with van der Waals surface area (Å²) in [6, 6.07) is 9.07. The minimum absolute atomic E-state index is 0.00689. The third kappa shape index (κ3) is 2.77. The van der Waals surface area contributed by atoms with Crippen LogP contribution in [0.15, 0.2) is 36.9 Å². The van der Waals surface area contributed by atoms with Crippen LogP contribution >= 0.6 is 11.6 Å². The van der Waals surface area contributed by atoms with E-state index in [2.05, 4.69) is 36.4 Å². The third-order valence-electron chi connectivity index (χ3n) is 2.51. The van der Waals surface area contributed by atoms with E-state index in [1.165, 1.54) is 17.3 Å². The second-order valence-corrected chi connectivity index (χ2v) is 4.19. The van der Waals surface area contributed by atoms with Crippen molar-refractivity contribution in [2.24, 2.45) is 0 Å². The Morgan fingerprint density at radius 3 is 2.81 bits per heavy atom. The van der Waals surface area contributed by atoms with Gasteiger partial charge in [-0.3, -0.25) is 0 Å². The van der Waals surface area contributed by atoms with Crippen LogP contribution in [0.25, 0.3) is 5.95 Å². The summed E-state index contributed by atoms with van der Waals surface area (Å²) < 4.78 is 1.36. The molecule has 0 unspecified atom stereocenters. The molecule has 0 amide bonds. The van der Waals surface area contributed by atoms with E-state index in [4.69, 9.17) is 16.9 Å². The fraction of sp³-hybridized carbons (Fsp3) is 0. The molecule has 3 aromatic rings. The Hall–Kier alpha value is -3.05. The van der Waals surface area contributed by atoms with E-state index in [1.807, 2.05) is 0 Å². The maximum absolute atomic E-state index is 9.06. The van der Waals surface area contributed by atoms with E-state index >= 15 is 0 Å². The molecule has 0 fully saturated rings. The van der Waals surface area contributed by atoms with Crippen molar-refractivity contribution < 1.29 is 0 Å². The molecule has 2 aromatic heterocycles. The van der Waals surface area contributed by atoms with Gasteiger partial charge in [-0.15, -0.1) is 0 Å². The Balaban J connectivity index is 1.98. The van der Waals surface area contributed by atoms with Crippen LogP contribution in [-0.2, 0) is 0 Å². The topological polar surface area (TPSA) is 105 Å². The van der Waals surface area contributed by atoms with Crippen LogP contribution in [-0.4, -0.2) is 29.7 Å². The second kappa shape index (κ2) is 5.52. The fourth-order valence-corrected chi connectivity index (χ4v) is 1.78. The number of nitriles is 1. The van der Waals surface area contributed by atoms with Crippen molar-refractivity contribution in [3.05, 3.63) is 47.8 Å². The molecule has 9 heteroatoms. The van der Waals surface area contributed by atoms with E-state index in [9.17, 15) is 0 Å². The highest BCUT2D eigenvalue weighted by Crippen LogP contribution is 2.18. The summed E-state index contributed by atoms with van der Waals surface area (Å²) in [6.45, 7) is 0. The number of hydrogen-bond donors (Lipinski definition) is 1. The number of rotatable bonds is 3. The molecule has 1 aromatic carbocycles. The molecule has 0 aliphatic rings. The lowest BCUT2D eigenvalue weighted by atomic mass is 10.2. The van der Waals surface area contributed by atoms with Crippen LogP contribution in [0.2, 0.25) is 5.28 Å². The largest absolute Gasteiger partial charge is 0.323 e. The van der Waals surface area contributed by atoms with Crippen molar-refractivity contribution in [2.45, 2.75) is 0 Å².